The van der Waals surface area contributed by atoms with Crippen molar-refractivity contribution in [3.05, 3.63) is 59.1 Å². The maximum atomic E-state index is 5.84. The van der Waals surface area contributed by atoms with Crippen LogP contribution in [0.1, 0.15) is 5.56 Å². The number of nitrogens with zero attached hydrogens (tertiary/aromatic N) is 1. The quantitative estimate of drug-likeness (QED) is 0.514. The van der Waals surface area contributed by atoms with Gasteiger partial charge in [-0.1, -0.05) is 23.7 Å². The molecule has 0 saturated carbocycles. The van der Waals surface area contributed by atoms with E-state index < -0.39 is 0 Å². The topological polar surface area (TPSA) is 45.7 Å². The summed E-state index contributed by atoms with van der Waals surface area (Å²) in [6.45, 7) is 0. The van der Waals surface area contributed by atoms with Crippen LogP contribution in [0, 0.1) is 0 Å². The van der Waals surface area contributed by atoms with Crippen molar-refractivity contribution in [3.63, 3.8) is 0 Å². The maximum Gasteiger partial charge on any atom is 0.186 e. The predicted molar refractivity (Wildman–Crippen MR) is 90.4 cm³/mol. The molecule has 0 heterocycles. The van der Waals surface area contributed by atoms with Crippen molar-refractivity contribution in [3.8, 4) is 11.5 Å². The maximum absolute atomic E-state index is 5.84. The Bertz CT molecular complexity index is 644. The molecule has 6 heteroatoms. The molecule has 4 nitrogen and oxygen atoms in total. The van der Waals surface area contributed by atoms with E-state index in [2.05, 4.69) is 15.8 Å². The first-order valence-electron chi connectivity index (χ1n) is 6.21. The average Bonchev–Trinajstić information content (AvgIpc) is 2.50. The Hall–Kier alpha value is -2.11. The molecular formula is C15H14ClN3OS. The second-order valence-corrected chi connectivity index (χ2v) is 4.92. The second kappa shape index (κ2) is 7.61. The van der Waals surface area contributed by atoms with Gasteiger partial charge in [0.25, 0.3) is 0 Å². The average molecular weight is 320 g/mol. The fourth-order valence-electron chi connectivity index (χ4n) is 1.52. The SMILES string of the molecule is CNC(=S)N/N=C\c1cccc(Oc2ccc(Cl)cc2)c1. The Labute approximate surface area is 133 Å². The van der Waals surface area contributed by atoms with Crippen LogP contribution in [-0.4, -0.2) is 18.4 Å². The van der Waals surface area contributed by atoms with E-state index in [0.29, 0.717) is 10.1 Å². The minimum atomic E-state index is 0.458. The van der Waals surface area contributed by atoms with Gasteiger partial charge in [-0.2, -0.15) is 5.10 Å². The van der Waals surface area contributed by atoms with E-state index in [4.69, 9.17) is 28.6 Å². The number of ether oxygens (including phenoxy) is 1. The lowest BCUT2D eigenvalue weighted by atomic mass is 10.2. The van der Waals surface area contributed by atoms with Crippen LogP contribution in [0.5, 0.6) is 11.5 Å². The van der Waals surface area contributed by atoms with E-state index >= 15 is 0 Å². The first-order chi connectivity index (χ1) is 10.2. The Balaban J connectivity index is 2.03. The Morgan fingerprint density at radius 2 is 1.95 bits per heavy atom. The molecule has 0 aromatic heterocycles. The lowest BCUT2D eigenvalue weighted by molar-refractivity contribution is 0.482. The molecule has 0 aliphatic carbocycles. The van der Waals surface area contributed by atoms with Crippen LogP contribution in [0.3, 0.4) is 0 Å². The third-order valence-corrected chi connectivity index (χ3v) is 3.06. The molecule has 0 aliphatic heterocycles. The molecule has 2 aromatic rings. The third kappa shape index (κ3) is 5.06. The molecule has 0 saturated heterocycles. The zero-order chi connectivity index (χ0) is 15.1. The van der Waals surface area contributed by atoms with Crippen LogP contribution in [0.2, 0.25) is 5.02 Å². The number of halogens is 1. The summed E-state index contributed by atoms with van der Waals surface area (Å²) in [6.07, 6.45) is 1.67. The van der Waals surface area contributed by atoms with Crippen LogP contribution in [0.25, 0.3) is 0 Å². The molecule has 0 aliphatic rings. The van der Waals surface area contributed by atoms with Crippen molar-refractivity contribution in [2.45, 2.75) is 0 Å². The van der Waals surface area contributed by atoms with Gasteiger partial charge in [-0.15, -0.1) is 0 Å². The molecule has 2 rings (SSSR count). The number of thiocarbonyl (C=S) groups is 1. The Morgan fingerprint density at radius 1 is 1.19 bits per heavy atom. The zero-order valence-electron chi connectivity index (χ0n) is 11.3. The van der Waals surface area contributed by atoms with Crippen molar-refractivity contribution in [1.29, 1.82) is 0 Å². The molecular weight excluding hydrogens is 306 g/mol. The molecule has 108 valence electrons. The minimum Gasteiger partial charge on any atom is -0.457 e. The highest BCUT2D eigenvalue weighted by Gasteiger charge is 1.98. The molecule has 0 spiro atoms. The number of hydrazone groups is 1. The minimum absolute atomic E-state index is 0.458. The van der Waals surface area contributed by atoms with Crippen LogP contribution in [0.4, 0.5) is 0 Å². The van der Waals surface area contributed by atoms with Crippen LogP contribution >= 0.6 is 23.8 Å². The standard InChI is InChI=1S/C15H14ClN3OS/c1-17-15(21)19-18-10-11-3-2-4-14(9-11)20-13-7-5-12(16)6-8-13/h2-10H,1H3,(H2,17,19,21)/b18-10-. The van der Waals surface area contributed by atoms with Gasteiger partial charge in [0.1, 0.15) is 11.5 Å². The van der Waals surface area contributed by atoms with Crippen LogP contribution in [-0.2, 0) is 0 Å². The summed E-state index contributed by atoms with van der Waals surface area (Å²) in [5.74, 6) is 1.44. The molecule has 21 heavy (non-hydrogen) atoms. The van der Waals surface area contributed by atoms with Gasteiger partial charge in [-0.3, -0.25) is 5.43 Å². The number of hydrogen-bond donors (Lipinski definition) is 2. The summed E-state index contributed by atoms with van der Waals surface area (Å²) in [5.41, 5.74) is 3.59. The molecule has 0 unspecified atom stereocenters. The highest BCUT2D eigenvalue weighted by Crippen LogP contribution is 2.23. The van der Waals surface area contributed by atoms with E-state index in [1.54, 1.807) is 25.4 Å². The van der Waals surface area contributed by atoms with Gasteiger partial charge < -0.3 is 10.1 Å². The van der Waals surface area contributed by atoms with Gasteiger partial charge in [0.15, 0.2) is 5.11 Å². The first-order valence-corrected chi connectivity index (χ1v) is 7.00. The summed E-state index contributed by atoms with van der Waals surface area (Å²) in [7, 11) is 1.73. The fraction of sp³-hybridized carbons (Fsp3) is 0.0667. The number of hydrogen-bond acceptors (Lipinski definition) is 3. The third-order valence-electron chi connectivity index (χ3n) is 2.51. The predicted octanol–water partition coefficient (Wildman–Crippen LogP) is 3.56. The summed E-state index contributed by atoms with van der Waals surface area (Å²) >= 11 is 10.8. The molecule has 0 fully saturated rings. The van der Waals surface area contributed by atoms with E-state index in [-0.39, 0.29) is 0 Å². The normalized spacial score (nSPS) is 10.4. The summed E-state index contributed by atoms with van der Waals surface area (Å²) in [4.78, 5) is 0. The van der Waals surface area contributed by atoms with Gasteiger partial charge in [-0.25, -0.2) is 0 Å². The zero-order valence-corrected chi connectivity index (χ0v) is 12.9. The first kappa shape index (κ1) is 15.3. The van der Waals surface area contributed by atoms with E-state index in [9.17, 15) is 0 Å². The fourth-order valence-corrected chi connectivity index (χ4v) is 1.70. The largest absolute Gasteiger partial charge is 0.457 e. The highest BCUT2D eigenvalue weighted by molar-refractivity contribution is 7.80. The van der Waals surface area contributed by atoms with Crippen LogP contribution < -0.4 is 15.5 Å². The smallest absolute Gasteiger partial charge is 0.186 e. The molecule has 0 radical (unpaired) electrons. The van der Waals surface area contributed by atoms with E-state index in [1.165, 1.54) is 0 Å². The van der Waals surface area contributed by atoms with Gasteiger partial charge in [0, 0.05) is 12.1 Å². The molecule has 0 atom stereocenters. The van der Waals surface area contributed by atoms with Gasteiger partial charge in [0.2, 0.25) is 0 Å². The molecule has 0 amide bonds. The molecule has 0 bridgehead atoms. The molecule has 2 aromatic carbocycles. The van der Waals surface area contributed by atoms with E-state index in [1.807, 2.05) is 36.4 Å². The Kier molecular flexibility index (Phi) is 5.54. The second-order valence-electron chi connectivity index (χ2n) is 4.08. The van der Waals surface area contributed by atoms with Crippen LogP contribution in [0.15, 0.2) is 53.6 Å². The number of nitrogens with one attached hydrogen (secondary N) is 2. The lowest BCUT2D eigenvalue weighted by Gasteiger charge is -2.06. The lowest BCUT2D eigenvalue weighted by Crippen LogP contribution is -2.28. The van der Waals surface area contributed by atoms with E-state index in [0.717, 1.165) is 17.1 Å². The monoisotopic (exact) mass is 319 g/mol. The summed E-state index contributed by atoms with van der Waals surface area (Å²) < 4.78 is 5.74. The summed E-state index contributed by atoms with van der Waals surface area (Å²) in [6, 6.07) is 14.8. The van der Waals surface area contributed by atoms with Gasteiger partial charge in [0.05, 0.1) is 6.21 Å². The highest BCUT2D eigenvalue weighted by atomic mass is 35.5. The van der Waals surface area contributed by atoms with Crippen molar-refractivity contribution in [1.82, 2.24) is 10.7 Å². The Morgan fingerprint density at radius 3 is 2.67 bits per heavy atom. The number of benzene rings is 2. The van der Waals surface area contributed by atoms with Crippen molar-refractivity contribution in [2.24, 2.45) is 5.10 Å². The number of rotatable bonds is 4. The van der Waals surface area contributed by atoms with Crippen molar-refractivity contribution in [2.75, 3.05) is 7.05 Å². The van der Waals surface area contributed by atoms with Crippen molar-refractivity contribution >= 4 is 35.1 Å². The van der Waals surface area contributed by atoms with Gasteiger partial charge >= 0.3 is 0 Å². The molecule has 2 N–H and O–H groups in total. The summed E-state index contributed by atoms with van der Waals surface area (Å²) in [5, 5.41) is 7.93. The van der Waals surface area contributed by atoms with Gasteiger partial charge in [-0.05, 0) is 54.2 Å². The van der Waals surface area contributed by atoms with Crippen molar-refractivity contribution < 1.29 is 4.74 Å².